The average molecular weight is 259 g/mol. The molecule has 0 N–H and O–H groups in total. The number of hydrogen-bond donors (Lipinski definition) is 0. The van der Waals surface area contributed by atoms with Crippen molar-refractivity contribution >= 4 is 23.2 Å². The van der Waals surface area contributed by atoms with E-state index in [1.54, 1.807) is 23.2 Å². The van der Waals surface area contributed by atoms with E-state index in [-0.39, 0.29) is 5.91 Å². The Balaban J connectivity index is 1.96. The maximum Gasteiger partial charge on any atom is 0.258 e. The molecule has 1 amide bonds. The number of halogens is 1. The van der Waals surface area contributed by atoms with Crippen LogP contribution in [0.2, 0.25) is 5.15 Å². The lowest BCUT2D eigenvalue weighted by atomic mass is 10.2. The van der Waals surface area contributed by atoms with Crippen molar-refractivity contribution in [3.05, 3.63) is 58.9 Å². The number of anilines is 1. The van der Waals surface area contributed by atoms with Crippen molar-refractivity contribution in [2.24, 2.45) is 0 Å². The Labute approximate surface area is 110 Å². The second kappa shape index (κ2) is 4.42. The minimum Gasteiger partial charge on any atom is -0.308 e. The molecule has 0 fully saturated rings. The maximum absolute atomic E-state index is 12.4. The van der Waals surface area contributed by atoms with Crippen LogP contribution in [-0.2, 0) is 6.42 Å². The molecule has 0 bridgehead atoms. The predicted molar refractivity (Wildman–Crippen MR) is 71.1 cm³/mol. The van der Waals surface area contributed by atoms with Crippen LogP contribution >= 0.6 is 11.6 Å². The van der Waals surface area contributed by atoms with E-state index in [1.165, 1.54) is 5.56 Å². The zero-order chi connectivity index (χ0) is 12.5. The zero-order valence-electron chi connectivity index (χ0n) is 9.64. The van der Waals surface area contributed by atoms with Crippen molar-refractivity contribution in [3.8, 4) is 0 Å². The first-order chi connectivity index (χ1) is 8.75. The van der Waals surface area contributed by atoms with Crippen molar-refractivity contribution < 1.29 is 4.79 Å². The van der Waals surface area contributed by atoms with Gasteiger partial charge in [-0.25, -0.2) is 4.98 Å². The predicted octanol–water partition coefficient (Wildman–Crippen LogP) is 2.94. The molecule has 2 aromatic rings. The zero-order valence-corrected chi connectivity index (χ0v) is 10.4. The number of carbonyl (C=O) groups is 1. The van der Waals surface area contributed by atoms with E-state index in [0.29, 0.717) is 10.7 Å². The van der Waals surface area contributed by atoms with E-state index in [0.717, 1.165) is 18.7 Å². The largest absolute Gasteiger partial charge is 0.308 e. The third kappa shape index (κ3) is 1.87. The van der Waals surface area contributed by atoms with Gasteiger partial charge in [-0.05, 0) is 30.2 Å². The molecular weight excluding hydrogens is 248 g/mol. The quantitative estimate of drug-likeness (QED) is 0.737. The molecule has 0 unspecified atom stereocenters. The first-order valence-electron chi connectivity index (χ1n) is 5.77. The van der Waals surface area contributed by atoms with Crippen molar-refractivity contribution in [3.63, 3.8) is 0 Å². The molecular formula is C14H11ClN2O. The van der Waals surface area contributed by atoms with E-state index in [1.807, 2.05) is 18.2 Å². The van der Waals surface area contributed by atoms with Crippen molar-refractivity contribution in [1.29, 1.82) is 0 Å². The fraction of sp³-hybridized carbons (Fsp3) is 0.143. The number of fused-ring (bicyclic) bond motifs is 1. The minimum absolute atomic E-state index is 0.0238. The summed E-state index contributed by atoms with van der Waals surface area (Å²) < 4.78 is 0. The summed E-state index contributed by atoms with van der Waals surface area (Å²) in [6, 6.07) is 11.3. The normalized spacial score (nSPS) is 13.5. The summed E-state index contributed by atoms with van der Waals surface area (Å²) >= 11 is 5.81. The highest BCUT2D eigenvalue weighted by molar-refractivity contribution is 6.29. The number of nitrogens with zero attached hydrogens (tertiary/aromatic N) is 2. The Morgan fingerprint density at radius 1 is 1.28 bits per heavy atom. The fourth-order valence-corrected chi connectivity index (χ4v) is 2.41. The van der Waals surface area contributed by atoms with Crippen LogP contribution in [0.25, 0.3) is 0 Å². The molecule has 4 heteroatoms. The number of benzene rings is 1. The van der Waals surface area contributed by atoms with Crippen LogP contribution in [0.15, 0.2) is 42.6 Å². The van der Waals surface area contributed by atoms with Crippen LogP contribution in [0.5, 0.6) is 0 Å². The third-order valence-electron chi connectivity index (χ3n) is 3.11. The Morgan fingerprint density at radius 3 is 2.94 bits per heavy atom. The average Bonchev–Trinajstić information content (AvgIpc) is 2.82. The number of rotatable bonds is 1. The van der Waals surface area contributed by atoms with Gasteiger partial charge in [-0.2, -0.15) is 0 Å². The summed E-state index contributed by atoms with van der Waals surface area (Å²) in [4.78, 5) is 18.1. The van der Waals surface area contributed by atoms with Gasteiger partial charge in [0.2, 0.25) is 0 Å². The van der Waals surface area contributed by atoms with Gasteiger partial charge in [-0.1, -0.05) is 29.8 Å². The Hall–Kier alpha value is -1.87. The maximum atomic E-state index is 12.4. The van der Waals surface area contributed by atoms with Gasteiger partial charge in [0.15, 0.2) is 0 Å². The lowest BCUT2D eigenvalue weighted by Gasteiger charge is -2.17. The topological polar surface area (TPSA) is 33.2 Å². The number of amides is 1. The van der Waals surface area contributed by atoms with E-state index in [4.69, 9.17) is 11.6 Å². The lowest BCUT2D eigenvalue weighted by Crippen LogP contribution is -2.28. The molecule has 90 valence electrons. The summed E-state index contributed by atoms with van der Waals surface area (Å²) in [6.07, 6.45) is 2.46. The van der Waals surface area contributed by atoms with Gasteiger partial charge in [0.05, 0.1) is 0 Å². The molecule has 1 aliphatic heterocycles. The molecule has 3 nitrogen and oxygen atoms in total. The molecule has 0 radical (unpaired) electrons. The standard InChI is InChI=1S/C14H11ClN2O/c15-13-9-11(5-7-16-13)14(18)17-8-6-10-3-1-2-4-12(10)17/h1-5,7,9H,6,8H2. The van der Waals surface area contributed by atoms with E-state index in [2.05, 4.69) is 11.1 Å². The van der Waals surface area contributed by atoms with Crippen LogP contribution < -0.4 is 4.90 Å². The van der Waals surface area contributed by atoms with Crippen LogP contribution in [0.1, 0.15) is 15.9 Å². The molecule has 0 saturated heterocycles. The Kier molecular flexibility index (Phi) is 2.76. The summed E-state index contributed by atoms with van der Waals surface area (Å²) in [5.41, 5.74) is 2.79. The second-order valence-corrected chi connectivity index (χ2v) is 4.59. The van der Waals surface area contributed by atoms with Crippen LogP contribution in [0.4, 0.5) is 5.69 Å². The van der Waals surface area contributed by atoms with Gasteiger partial charge in [0.25, 0.3) is 5.91 Å². The van der Waals surface area contributed by atoms with Gasteiger partial charge in [-0.15, -0.1) is 0 Å². The molecule has 1 aliphatic rings. The Morgan fingerprint density at radius 2 is 2.11 bits per heavy atom. The van der Waals surface area contributed by atoms with Crippen molar-refractivity contribution in [2.45, 2.75) is 6.42 Å². The highest BCUT2D eigenvalue weighted by Crippen LogP contribution is 2.28. The van der Waals surface area contributed by atoms with Gasteiger partial charge in [0.1, 0.15) is 5.15 Å². The second-order valence-electron chi connectivity index (χ2n) is 4.20. The number of aromatic nitrogens is 1. The van der Waals surface area contributed by atoms with Gasteiger partial charge >= 0.3 is 0 Å². The summed E-state index contributed by atoms with van der Waals surface area (Å²) in [6.45, 7) is 0.720. The van der Waals surface area contributed by atoms with Crippen molar-refractivity contribution in [2.75, 3.05) is 11.4 Å². The van der Waals surface area contributed by atoms with E-state index >= 15 is 0 Å². The minimum atomic E-state index is -0.0238. The first-order valence-corrected chi connectivity index (χ1v) is 6.15. The number of para-hydroxylation sites is 1. The fourth-order valence-electron chi connectivity index (χ4n) is 2.24. The van der Waals surface area contributed by atoms with Gasteiger partial charge in [0, 0.05) is 24.0 Å². The number of hydrogen-bond acceptors (Lipinski definition) is 2. The molecule has 0 saturated carbocycles. The molecule has 18 heavy (non-hydrogen) atoms. The molecule has 1 aromatic carbocycles. The van der Waals surface area contributed by atoms with Crippen LogP contribution in [0, 0.1) is 0 Å². The van der Waals surface area contributed by atoms with Gasteiger partial charge in [-0.3, -0.25) is 4.79 Å². The summed E-state index contributed by atoms with van der Waals surface area (Å²) in [5, 5.41) is 0.341. The number of pyridine rings is 1. The van der Waals surface area contributed by atoms with E-state index < -0.39 is 0 Å². The monoisotopic (exact) mass is 258 g/mol. The molecule has 1 aromatic heterocycles. The van der Waals surface area contributed by atoms with Gasteiger partial charge < -0.3 is 4.90 Å². The number of carbonyl (C=O) groups excluding carboxylic acids is 1. The van der Waals surface area contributed by atoms with Crippen LogP contribution in [-0.4, -0.2) is 17.4 Å². The summed E-state index contributed by atoms with van der Waals surface area (Å²) in [7, 11) is 0. The third-order valence-corrected chi connectivity index (χ3v) is 3.31. The highest BCUT2D eigenvalue weighted by atomic mass is 35.5. The lowest BCUT2D eigenvalue weighted by molar-refractivity contribution is 0.0989. The van der Waals surface area contributed by atoms with Crippen molar-refractivity contribution in [1.82, 2.24) is 4.98 Å². The Bertz CT molecular complexity index is 612. The molecule has 2 heterocycles. The molecule has 0 aliphatic carbocycles. The SMILES string of the molecule is O=C(c1ccnc(Cl)c1)N1CCc2ccccc21. The van der Waals surface area contributed by atoms with E-state index in [9.17, 15) is 4.79 Å². The molecule has 3 rings (SSSR count). The first kappa shape index (κ1) is 11.2. The molecule has 0 atom stereocenters. The highest BCUT2D eigenvalue weighted by Gasteiger charge is 2.25. The molecule has 0 spiro atoms. The summed E-state index contributed by atoms with van der Waals surface area (Å²) in [5.74, 6) is -0.0238. The smallest absolute Gasteiger partial charge is 0.258 e. The van der Waals surface area contributed by atoms with Crippen LogP contribution in [0.3, 0.4) is 0 Å².